The number of amidine groups is 1. The molecule has 2 aromatic heterocycles. The molecule has 0 spiro atoms. The second-order valence-electron chi connectivity index (χ2n) is 13.2. The molecule has 5 nitrogen and oxygen atoms in total. The standard InChI is InChI=1S/C45H35N5/c1-4-14-30(15-5-1)43-46-44(31-16-6-2-7-17-31)48-45(47-43)32-24-26-34(27-25-32)50-40-23-13-11-21-36(40)38-28-37-35-20-10-12-22-39(35)49(41(37)29-42(38)50)33-18-8-3-9-19-33/h1-11,13-21,23-29,43,45,47H,12,22H2,(H,46,48). The highest BCUT2D eigenvalue weighted by molar-refractivity contribution is 6.14. The van der Waals surface area contributed by atoms with Crippen LogP contribution in [0.3, 0.4) is 0 Å². The summed E-state index contributed by atoms with van der Waals surface area (Å²) in [5.41, 5.74) is 12.1. The number of aromatic nitrogens is 2. The lowest BCUT2D eigenvalue weighted by Gasteiger charge is -2.32. The van der Waals surface area contributed by atoms with Crippen molar-refractivity contribution in [1.82, 2.24) is 19.8 Å². The topological polar surface area (TPSA) is 46.3 Å². The molecule has 0 saturated heterocycles. The van der Waals surface area contributed by atoms with Gasteiger partial charge in [-0.3, -0.25) is 5.32 Å². The van der Waals surface area contributed by atoms with Crippen molar-refractivity contribution >= 4 is 44.6 Å². The zero-order valence-electron chi connectivity index (χ0n) is 27.5. The number of fused-ring (bicyclic) bond motifs is 6. The largest absolute Gasteiger partial charge is 0.350 e. The summed E-state index contributed by atoms with van der Waals surface area (Å²) in [6, 6.07) is 54.3. The predicted molar refractivity (Wildman–Crippen MR) is 206 cm³/mol. The molecular formula is C45H35N5. The molecule has 6 aromatic carbocycles. The van der Waals surface area contributed by atoms with Crippen LogP contribution in [0.15, 0.2) is 163 Å². The molecule has 1 aliphatic carbocycles. The van der Waals surface area contributed by atoms with E-state index < -0.39 is 0 Å². The quantitative estimate of drug-likeness (QED) is 0.196. The summed E-state index contributed by atoms with van der Waals surface area (Å²) < 4.78 is 4.91. The number of hydrogen-bond acceptors (Lipinski definition) is 3. The van der Waals surface area contributed by atoms with Gasteiger partial charge in [-0.25, -0.2) is 4.99 Å². The molecular weight excluding hydrogens is 611 g/mol. The van der Waals surface area contributed by atoms with Crippen LogP contribution in [0.4, 0.5) is 0 Å². The van der Waals surface area contributed by atoms with Crippen molar-refractivity contribution in [2.45, 2.75) is 25.2 Å². The van der Waals surface area contributed by atoms with Crippen molar-refractivity contribution in [3.8, 4) is 11.4 Å². The van der Waals surface area contributed by atoms with Gasteiger partial charge in [0.05, 0.1) is 16.6 Å². The number of nitrogens with one attached hydrogen (secondary N) is 2. The van der Waals surface area contributed by atoms with Gasteiger partial charge in [-0.15, -0.1) is 0 Å². The van der Waals surface area contributed by atoms with E-state index in [0.29, 0.717) is 0 Å². The first-order valence-electron chi connectivity index (χ1n) is 17.4. The number of para-hydroxylation sites is 2. The van der Waals surface area contributed by atoms with E-state index in [1.807, 2.05) is 12.1 Å². The van der Waals surface area contributed by atoms with Crippen molar-refractivity contribution in [2.75, 3.05) is 0 Å². The molecule has 0 radical (unpaired) electrons. The van der Waals surface area contributed by atoms with E-state index in [-0.39, 0.29) is 12.3 Å². The zero-order valence-corrected chi connectivity index (χ0v) is 27.5. The van der Waals surface area contributed by atoms with Crippen molar-refractivity contribution in [2.24, 2.45) is 4.99 Å². The predicted octanol–water partition coefficient (Wildman–Crippen LogP) is 10.0. The average Bonchev–Trinajstić information content (AvgIpc) is 3.70. The maximum Gasteiger partial charge on any atom is 0.131 e. The van der Waals surface area contributed by atoms with E-state index in [9.17, 15) is 0 Å². The molecule has 0 saturated carbocycles. The van der Waals surface area contributed by atoms with Crippen LogP contribution in [0.5, 0.6) is 0 Å². The third-order valence-electron chi connectivity index (χ3n) is 10.3. The number of aliphatic imine (C=N–C) groups is 1. The van der Waals surface area contributed by atoms with Crippen molar-refractivity contribution < 1.29 is 0 Å². The zero-order chi connectivity index (χ0) is 33.0. The van der Waals surface area contributed by atoms with Crippen molar-refractivity contribution in [3.63, 3.8) is 0 Å². The van der Waals surface area contributed by atoms with E-state index in [2.05, 4.69) is 171 Å². The summed E-state index contributed by atoms with van der Waals surface area (Å²) in [6.45, 7) is 0. The maximum atomic E-state index is 5.09. The Hall–Kier alpha value is -6.17. The first-order chi connectivity index (χ1) is 24.8. The number of nitrogens with zero attached hydrogens (tertiary/aromatic N) is 3. The van der Waals surface area contributed by atoms with Gasteiger partial charge in [-0.1, -0.05) is 121 Å². The van der Waals surface area contributed by atoms with Gasteiger partial charge in [0.25, 0.3) is 0 Å². The maximum absolute atomic E-state index is 5.09. The van der Waals surface area contributed by atoms with Gasteiger partial charge in [-0.05, 0) is 66.4 Å². The lowest BCUT2D eigenvalue weighted by molar-refractivity contribution is 0.409. The van der Waals surface area contributed by atoms with E-state index in [0.717, 1.165) is 41.1 Å². The van der Waals surface area contributed by atoms with Crippen molar-refractivity contribution in [3.05, 3.63) is 186 Å². The monoisotopic (exact) mass is 645 g/mol. The first kappa shape index (κ1) is 28.8. The molecule has 8 aromatic rings. The Bertz CT molecular complexity index is 2580. The van der Waals surface area contributed by atoms with Crippen LogP contribution in [0.25, 0.3) is 50.2 Å². The third kappa shape index (κ3) is 4.70. The summed E-state index contributed by atoms with van der Waals surface area (Å²) in [5.74, 6) is 0.887. The fraction of sp³-hybridized carbons (Fsp3) is 0.0889. The number of allylic oxidation sites excluding steroid dienone is 1. The Kier molecular flexibility index (Phi) is 6.78. The highest BCUT2D eigenvalue weighted by Gasteiger charge is 2.26. The van der Waals surface area contributed by atoms with E-state index in [1.54, 1.807) is 0 Å². The van der Waals surface area contributed by atoms with Crippen LogP contribution < -0.4 is 10.6 Å². The Morgan fingerprint density at radius 1 is 0.560 bits per heavy atom. The summed E-state index contributed by atoms with van der Waals surface area (Å²) in [6.07, 6.45) is 6.46. The van der Waals surface area contributed by atoms with Crippen LogP contribution in [0.1, 0.15) is 46.7 Å². The number of hydrogen-bond donors (Lipinski definition) is 2. The fourth-order valence-electron chi connectivity index (χ4n) is 7.93. The van der Waals surface area contributed by atoms with E-state index >= 15 is 0 Å². The molecule has 2 aliphatic rings. The average molecular weight is 646 g/mol. The molecule has 0 bridgehead atoms. The van der Waals surface area contributed by atoms with Gasteiger partial charge in [0.1, 0.15) is 18.2 Å². The van der Waals surface area contributed by atoms with E-state index in [4.69, 9.17) is 4.99 Å². The second-order valence-corrected chi connectivity index (χ2v) is 13.2. The molecule has 3 heterocycles. The minimum absolute atomic E-state index is 0.117. The van der Waals surface area contributed by atoms with Crippen LogP contribution in [0, 0.1) is 0 Å². The van der Waals surface area contributed by atoms with Gasteiger partial charge >= 0.3 is 0 Å². The number of rotatable bonds is 5. The molecule has 50 heavy (non-hydrogen) atoms. The molecule has 240 valence electrons. The molecule has 0 fully saturated rings. The summed E-state index contributed by atoms with van der Waals surface area (Å²) >= 11 is 0. The second kappa shape index (κ2) is 11.8. The van der Waals surface area contributed by atoms with Crippen LogP contribution in [-0.4, -0.2) is 15.0 Å². The van der Waals surface area contributed by atoms with Gasteiger partial charge in [0, 0.05) is 44.4 Å². The molecule has 2 N–H and O–H groups in total. The molecule has 10 rings (SSSR count). The number of benzene rings is 6. The van der Waals surface area contributed by atoms with Crippen LogP contribution >= 0.6 is 0 Å². The normalized spacial score (nSPS) is 17.2. The summed E-state index contributed by atoms with van der Waals surface area (Å²) in [7, 11) is 0. The molecule has 2 atom stereocenters. The first-order valence-corrected chi connectivity index (χ1v) is 17.4. The molecule has 5 heteroatoms. The molecule has 0 amide bonds. The Balaban J connectivity index is 1.10. The summed E-state index contributed by atoms with van der Waals surface area (Å²) in [5, 5.41) is 11.3. The lowest BCUT2D eigenvalue weighted by Crippen LogP contribution is -2.44. The minimum Gasteiger partial charge on any atom is -0.350 e. The Morgan fingerprint density at radius 2 is 1.24 bits per heavy atom. The molecule has 2 unspecified atom stereocenters. The minimum atomic E-state index is -0.168. The van der Waals surface area contributed by atoms with Gasteiger partial charge in [0.2, 0.25) is 0 Å². The van der Waals surface area contributed by atoms with Crippen LogP contribution in [-0.2, 0) is 6.42 Å². The summed E-state index contributed by atoms with van der Waals surface area (Å²) in [4.78, 5) is 5.09. The highest BCUT2D eigenvalue weighted by atomic mass is 15.3. The Morgan fingerprint density at radius 3 is 2.04 bits per heavy atom. The van der Waals surface area contributed by atoms with Crippen LogP contribution in [0.2, 0.25) is 0 Å². The molecule has 1 aliphatic heterocycles. The highest BCUT2D eigenvalue weighted by Crippen LogP contribution is 2.40. The lowest BCUT2D eigenvalue weighted by atomic mass is 10.0. The van der Waals surface area contributed by atoms with Gasteiger partial charge < -0.3 is 14.5 Å². The smallest absolute Gasteiger partial charge is 0.131 e. The Labute approximate surface area is 290 Å². The third-order valence-corrected chi connectivity index (χ3v) is 10.3. The van der Waals surface area contributed by atoms with Crippen molar-refractivity contribution in [1.29, 1.82) is 0 Å². The fourth-order valence-corrected chi connectivity index (χ4v) is 7.93. The van der Waals surface area contributed by atoms with E-state index in [1.165, 1.54) is 49.7 Å². The van der Waals surface area contributed by atoms with Gasteiger partial charge in [0.15, 0.2) is 0 Å². The SMILES string of the molecule is C1=Cc2c(n(-c3ccccc3)c3cc4c(cc23)c2ccccc2n4-c2ccc(C3NC(c4ccccc4)=NC(c4ccccc4)N3)cc2)CC1. The van der Waals surface area contributed by atoms with Gasteiger partial charge in [-0.2, -0.15) is 0 Å².